The van der Waals surface area contributed by atoms with E-state index >= 15 is 0 Å². The van der Waals surface area contributed by atoms with Crippen LogP contribution < -0.4 is 5.73 Å². The third kappa shape index (κ3) is 80.0. The second-order valence-electron chi connectivity index (χ2n) is 29.8. The molecule has 94 heavy (non-hydrogen) atoms. The molecule has 10 heteroatoms. The maximum absolute atomic E-state index is 12.8. The van der Waals surface area contributed by atoms with Crippen molar-refractivity contribution in [2.24, 2.45) is 5.73 Å². The molecule has 0 radical (unpaired) electrons. The summed E-state index contributed by atoms with van der Waals surface area (Å²) in [5.41, 5.74) is 5.42. The van der Waals surface area contributed by atoms with Crippen LogP contribution in [-0.2, 0) is 32.7 Å². The Morgan fingerprint density at radius 2 is 0.457 bits per heavy atom. The van der Waals surface area contributed by atoms with Crippen molar-refractivity contribution in [3.63, 3.8) is 0 Å². The van der Waals surface area contributed by atoms with Crippen molar-refractivity contribution in [2.75, 3.05) is 26.4 Å². The summed E-state index contributed by atoms with van der Waals surface area (Å²) in [5, 5.41) is 0. The summed E-state index contributed by atoms with van der Waals surface area (Å²) < 4.78 is 33.3. The average molecular weight is 1350 g/mol. The van der Waals surface area contributed by atoms with E-state index in [1.807, 2.05) is 0 Å². The first-order valence-corrected chi connectivity index (χ1v) is 44.5. The van der Waals surface area contributed by atoms with Crippen molar-refractivity contribution < 1.29 is 37.6 Å². The van der Waals surface area contributed by atoms with Gasteiger partial charge >= 0.3 is 19.8 Å². The Balaban J connectivity index is 3.69. The molecular formula is C84H168NO8P. The third-order valence-corrected chi connectivity index (χ3v) is 21.2. The quantitative estimate of drug-likeness (QED) is 0.0347. The summed E-state index contributed by atoms with van der Waals surface area (Å²) in [7, 11) is -4.39. The molecule has 0 bridgehead atoms. The van der Waals surface area contributed by atoms with Crippen LogP contribution in [0.25, 0.3) is 0 Å². The SMILES string of the molecule is CCCCCCCCCCCCCCCCCCCCCCCCCCCCCCCCCCCCCCCCCC(=O)OC(COC(=O)CCCCCCCCCCCCCCCCCCCCCCCCCCCCCCCCCCCC)COP(=O)(O)OCCN. The van der Waals surface area contributed by atoms with Crippen molar-refractivity contribution in [3.05, 3.63) is 0 Å². The fraction of sp³-hybridized carbons (Fsp3) is 0.976. The molecule has 0 heterocycles. The third-order valence-electron chi connectivity index (χ3n) is 20.2. The van der Waals surface area contributed by atoms with Crippen LogP contribution >= 0.6 is 7.82 Å². The van der Waals surface area contributed by atoms with Gasteiger partial charge in [-0.25, -0.2) is 4.57 Å². The first-order chi connectivity index (χ1) is 46.3. The number of nitrogens with two attached hydrogens (primary N) is 1. The van der Waals surface area contributed by atoms with Gasteiger partial charge in [0, 0.05) is 19.4 Å². The summed E-state index contributed by atoms with van der Waals surface area (Å²) in [5.74, 6) is -0.793. The first-order valence-electron chi connectivity index (χ1n) is 43.0. The molecule has 0 aromatic rings. The minimum Gasteiger partial charge on any atom is -0.462 e. The van der Waals surface area contributed by atoms with Crippen LogP contribution in [-0.4, -0.2) is 49.3 Å². The number of carbonyl (C=O) groups is 2. The van der Waals surface area contributed by atoms with Gasteiger partial charge in [-0.2, -0.15) is 0 Å². The van der Waals surface area contributed by atoms with E-state index in [9.17, 15) is 19.0 Å². The molecule has 2 atom stereocenters. The summed E-state index contributed by atoms with van der Waals surface area (Å²) in [6.45, 7) is 3.86. The number of rotatable bonds is 84. The molecule has 0 amide bonds. The molecule has 3 N–H and O–H groups in total. The van der Waals surface area contributed by atoms with Gasteiger partial charge in [-0.1, -0.05) is 470 Å². The first kappa shape index (κ1) is 93.0. The summed E-state index contributed by atoms with van der Waals surface area (Å²) >= 11 is 0. The van der Waals surface area contributed by atoms with Crippen LogP contribution in [0.5, 0.6) is 0 Å². The van der Waals surface area contributed by atoms with E-state index in [0.29, 0.717) is 12.8 Å². The number of esters is 2. The molecule has 0 aliphatic heterocycles. The van der Waals surface area contributed by atoms with Gasteiger partial charge in [0.2, 0.25) is 0 Å². The number of hydrogen-bond acceptors (Lipinski definition) is 8. The van der Waals surface area contributed by atoms with Crippen molar-refractivity contribution in [1.29, 1.82) is 0 Å². The molecule has 0 spiro atoms. The Hall–Kier alpha value is -0.990. The fourth-order valence-corrected chi connectivity index (χ4v) is 14.6. The number of phosphoric acid groups is 1. The monoisotopic (exact) mass is 1350 g/mol. The van der Waals surface area contributed by atoms with Crippen molar-refractivity contribution in [3.8, 4) is 0 Å². The van der Waals surface area contributed by atoms with Crippen LogP contribution in [0.2, 0.25) is 0 Å². The molecule has 0 aromatic heterocycles. The Morgan fingerprint density at radius 3 is 0.649 bits per heavy atom. The second-order valence-corrected chi connectivity index (χ2v) is 31.2. The molecule has 2 unspecified atom stereocenters. The Kier molecular flexibility index (Phi) is 80.1. The van der Waals surface area contributed by atoms with Crippen LogP contribution in [0.15, 0.2) is 0 Å². The zero-order valence-electron chi connectivity index (χ0n) is 63.8. The number of hydrogen-bond donors (Lipinski definition) is 2. The number of phosphoric ester groups is 1. The van der Waals surface area contributed by atoms with Crippen LogP contribution in [0, 0.1) is 0 Å². The zero-order chi connectivity index (χ0) is 67.9. The Labute approximate surface area is 587 Å². The summed E-state index contributed by atoms with van der Waals surface area (Å²) in [6, 6.07) is 0. The van der Waals surface area contributed by atoms with E-state index in [1.54, 1.807) is 0 Å². The van der Waals surface area contributed by atoms with Crippen molar-refractivity contribution >= 4 is 19.8 Å². The maximum atomic E-state index is 12.8. The van der Waals surface area contributed by atoms with Gasteiger partial charge in [0.05, 0.1) is 13.2 Å². The largest absolute Gasteiger partial charge is 0.472 e. The molecule has 0 aliphatic rings. The second kappa shape index (κ2) is 81.0. The van der Waals surface area contributed by atoms with Crippen molar-refractivity contribution in [1.82, 2.24) is 0 Å². The fourth-order valence-electron chi connectivity index (χ4n) is 13.9. The minimum atomic E-state index is -4.39. The maximum Gasteiger partial charge on any atom is 0.472 e. The van der Waals surface area contributed by atoms with E-state index < -0.39 is 26.5 Å². The smallest absolute Gasteiger partial charge is 0.462 e. The van der Waals surface area contributed by atoms with Crippen LogP contribution in [0.4, 0.5) is 0 Å². The van der Waals surface area contributed by atoms with E-state index in [2.05, 4.69) is 13.8 Å². The lowest BCUT2D eigenvalue weighted by Crippen LogP contribution is -2.29. The van der Waals surface area contributed by atoms with Crippen molar-refractivity contribution in [2.45, 2.75) is 502 Å². The van der Waals surface area contributed by atoms with Gasteiger partial charge in [-0.3, -0.25) is 18.6 Å². The van der Waals surface area contributed by atoms with E-state index in [0.717, 1.165) is 32.1 Å². The molecule has 0 rings (SSSR count). The van der Waals surface area contributed by atoms with Gasteiger partial charge in [-0.05, 0) is 12.8 Å². The number of unbranched alkanes of at least 4 members (excludes halogenated alkanes) is 71. The molecule has 0 saturated carbocycles. The average Bonchev–Trinajstić information content (AvgIpc) is 2.74. The minimum absolute atomic E-state index is 0.0590. The van der Waals surface area contributed by atoms with Gasteiger partial charge < -0.3 is 20.1 Å². The lowest BCUT2D eigenvalue weighted by molar-refractivity contribution is -0.161. The van der Waals surface area contributed by atoms with Crippen LogP contribution in [0.3, 0.4) is 0 Å². The molecule has 9 nitrogen and oxygen atoms in total. The Morgan fingerprint density at radius 1 is 0.277 bits per heavy atom. The van der Waals surface area contributed by atoms with E-state index in [1.165, 1.54) is 430 Å². The standard InChI is InChI=1S/C84H168NO8P/c1-3-5-7-9-11-13-15-17-19-21-23-25-27-29-31-33-35-37-39-40-41-42-43-45-47-49-51-53-55-57-59-61-63-65-67-69-71-73-75-77-84(87)93-82(81-92-94(88,89)91-79-78-85)80-90-83(86)76-74-72-70-68-66-64-62-60-58-56-54-52-50-48-46-44-38-36-34-32-30-28-26-24-22-20-18-16-14-12-10-8-6-4-2/h82H,3-81,85H2,1-2H3,(H,88,89). The lowest BCUT2D eigenvalue weighted by atomic mass is 10.0. The molecule has 562 valence electrons. The highest BCUT2D eigenvalue weighted by molar-refractivity contribution is 7.47. The predicted molar refractivity (Wildman–Crippen MR) is 409 cm³/mol. The number of carbonyl (C=O) groups excluding carboxylic acids is 2. The molecule has 0 saturated heterocycles. The Bertz CT molecular complexity index is 1500. The summed E-state index contributed by atoms with van der Waals surface area (Å²) in [6.07, 6.45) is 100. The van der Waals surface area contributed by atoms with E-state index in [-0.39, 0.29) is 32.1 Å². The number of ether oxygens (including phenoxy) is 2. The summed E-state index contributed by atoms with van der Waals surface area (Å²) in [4.78, 5) is 35.5. The van der Waals surface area contributed by atoms with Gasteiger partial charge in [-0.15, -0.1) is 0 Å². The zero-order valence-corrected chi connectivity index (χ0v) is 64.7. The van der Waals surface area contributed by atoms with Gasteiger partial charge in [0.25, 0.3) is 0 Å². The molecular weight excluding hydrogens is 1180 g/mol. The van der Waals surface area contributed by atoms with Gasteiger partial charge in [0.1, 0.15) is 6.61 Å². The van der Waals surface area contributed by atoms with E-state index in [4.69, 9.17) is 24.3 Å². The van der Waals surface area contributed by atoms with Gasteiger partial charge in [0.15, 0.2) is 6.10 Å². The predicted octanol–water partition coefficient (Wildman–Crippen LogP) is 28.8. The highest BCUT2D eigenvalue weighted by Gasteiger charge is 2.26. The highest BCUT2D eigenvalue weighted by atomic mass is 31.2. The molecule has 0 fully saturated rings. The van der Waals surface area contributed by atoms with Crippen LogP contribution in [0.1, 0.15) is 495 Å². The topological polar surface area (TPSA) is 134 Å². The molecule has 0 aliphatic carbocycles. The normalized spacial score (nSPS) is 12.7. The molecule has 0 aromatic carbocycles. The highest BCUT2D eigenvalue weighted by Crippen LogP contribution is 2.43. The lowest BCUT2D eigenvalue weighted by Gasteiger charge is -2.19.